The molecule has 0 unspecified atom stereocenters. The van der Waals surface area contributed by atoms with E-state index in [0.717, 1.165) is 28.1 Å². The lowest BCUT2D eigenvalue weighted by Crippen LogP contribution is -2.48. The van der Waals surface area contributed by atoms with E-state index in [2.05, 4.69) is 4.98 Å². The Hall–Kier alpha value is -3.33. The highest BCUT2D eigenvalue weighted by Crippen LogP contribution is 2.32. The Bertz CT molecular complexity index is 1390. The van der Waals surface area contributed by atoms with E-state index in [-0.39, 0.29) is 43.6 Å². The molecule has 0 aliphatic carbocycles. The molecule has 2 aromatic carbocycles. The van der Waals surface area contributed by atoms with Crippen molar-refractivity contribution in [3.63, 3.8) is 0 Å². The number of sulfonamides is 1. The Kier molecular flexibility index (Phi) is 6.89. The van der Waals surface area contributed by atoms with Crippen molar-refractivity contribution < 1.29 is 26.0 Å². The zero-order chi connectivity index (χ0) is 25.2. The van der Waals surface area contributed by atoms with Crippen LogP contribution in [-0.4, -0.2) is 43.9 Å². The summed E-state index contributed by atoms with van der Waals surface area (Å²) in [4.78, 5) is 5.42. The Morgan fingerprint density at radius 3 is 2.37 bits per heavy atom. The number of alkyl halides is 3. The summed E-state index contributed by atoms with van der Waals surface area (Å²) < 4.78 is 71.7. The maximum atomic E-state index is 13.0. The number of nitriles is 1. The summed E-state index contributed by atoms with van der Waals surface area (Å²) in [6.07, 6.45) is -1.31. The summed E-state index contributed by atoms with van der Waals surface area (Å²) in [5.41, 5.74) is -0.132. The maximum Gasteiger partial charge on any atom is 0.416 e. The highest BCUT2D eigenvalue weighted by atomic mass is 35.5. The van der Waals surface area contributed by atoms with E-state index in [9.17, 15) is 26.9 Å². The van der Waals surface area contributed by atoms with E-state index in [1.807, 2.05) is 6.07 Å². The van der Waals surface area contributed by atoms with Crippen molar-refractivity contribution in [1.82, 2.24) is 9.29 Å². The SMILES string of the molecule is N#Cc1nc(/C=C/c2ccc(Cl)cc2)oc1N1CCN(S(=O)(=O)c2cccc(C(F)(F)F)c2)CC1. The van der Waals surface area contributed by atoms with Gasteiger partial charge in [0.1, 0.15) is 6.07 Å². The van der Waals surface area contributed by atoms with Crippen molar-refractivity contribution >= 4 is 39.7 Å². The van der Waals surface area contributed by atoms with Gasteiger partial charge in [-0.15, -0.1) is 0 Å². The molecule has 0 spiro atoms. The molecule has 1 aliphatic rings. The van der Waals surface area contributed by atoms with Gasteiger partial charge in [0.25, 0.3) is 0 Å². The molecular weight excluding hydrogens is 505 g/mol. The molecule has 2 heterocycles. The van der Waals surface area contributed by atoms with Crippen LogP contribution in [-0.2, 0) is 16.2 Å². The standard InChI is InChI=1S/C23H18ClF3N4O3S/c24-18-7-4-16(5-8-18)6-9-21-29-20(15-28)22(34-21)30-10-12-31(13-11-30)35(32,33)19-3-1-2-17(14-19)23(25,26)27/h1-9,14H,10-13H2/b9-6+. The number of aromatic nitrogens is 1. The lowest BCUT2D eigenvalue weighted by Gasteiger charge is -2.33. The molecule has 7 nitrogen and oxygen atoms in total. The second kappa shape index (κ2) is 9.73. The van der Waals surface area contributed by atoms with Crippen LogP contribution in [0.2, 0.25) is 5.02 Å². The van der Waals surface area contributed by atoms with Gasteiger partial charge in [-0.3, -0.25) is 0 Å². The van der Waals surface area contributed by atoms with Gasteiger partial charge in [-0.2, -0.15) is 27.7 Å². The van der Waals surface area contributed by atoms with Gasteiger partial charge in [0.2, 0.25) is 27.5 Å². The van der Waals surface area contributed by atoms with E-state index in [4.69, 9.17) is 16.0 Å². The van der Waals surface area contributed by atoms with Crippen molar-refractivity contribution in [3.05, 3.63) is 76.3 Å². The smallest absolute Gasteiger partial charge is 0.416 e. The van der Waals surface area contributed by atoms with Crippen LogP contribution in [0, 0.1) is 11.3 Å². The van der Waals surface area contributed by atoms with Crippen molar-refractivity contribution in [2.24, 2.45) is 0 Å². The van der Waals surface area contributed by atoms with Gasteiger partial charge in [-0.25, -0.2) is 8.42 Å². The van der Waals surface area contributed by atoms with Gasteiger partial charge in [0.05, 0.1) is 10.5 Å². The average molecular weight is 523 g/mol. The summed E-state index contributed by atoms with van der Waals surface area (Å²) in [7, 11) is -4.13. The van der Waals surface area contributed by atoms with Gasteiger partial charge in [-0.1, -0.05) is 29.8 Å². The first kappa shape index (κ1) is 24.8. The molecule has 1 aliphatic heterocycles. The second-order valence-corrected chi connectivity index (χ2v) is 9.99. The third-order valence-electron chi connectivity index (χ3n) is 5.35. The van der Waals surface area contributed by atoms with E-state index in [1.165, 1.54) is 0 Å². The van der Waals surface area contributed by atoms with E-state index in [0.29, 0.717) is 11.1 Å². The molecule has 0 N–H and O–H groups in total. The summed E-state index contributed by atoms with van der Waals surface area (Å²) in [5, 5.41) is 10.1. The predicted molar refractivity (Wildman–Crippen MR) is 124 cm³/mol. The Morgan fingerprint density at radius 2 is 1.74 bits per heavy atom. The van der Waals surface area contributed by atoms with Crippen LogP contribution < -0.4 is 4.90 Å². The number of nitrogens with zero attached hydrogens (tertiary/aromatic N) is 4. The quantitative estimate of drug-likeness (QED) is 0.473. The molecule has 3 aromatic rings. The first-order valence-corrected chi connectivity index (χ1v) is 12.2. The van der Waals surface area contributed by atoms with Gasteiger partial charge in [-0.05, 0) is 42.0 Å². The third-order valence-corrected chi connectivity index (χ3v) is 7.49. The van der Waals surface area contributed by atoms with Gasteiger partial charge >= 0.3 is 6.18 Å². The van der Waals surface area contributed by atoms with Crippen LogP contribution in [0.1, 0.15) is 22.7 Å². The Balaban J connectivity index is 1.48. The summed E-state index contributed by atoms with van der Waals surface area (Å²) in [6.45, 7) is 0.338. The number of anilines is 1. The van der Waals surface area contributed by atoms with E-state index in [1.54, 1.807) is 41.3 Å². The van der Waals surface area contributed by atoms with Crippen LogP contribution in [0.15, 0.2) is 57.8 Å². The van der Waals surface area contributed by atoms with Gasteiger partial charge in [0, 0.05) is 37.3 Å². The first-order chi connectivity index (χ1) is 16.6. The minimum Gasteiger partial charge on any atom is -0.420 e. The normalized spacial score (nSPS) is 15.5. The molecule has 182 valence electrons. The minimum atomic E-state index is -4.65. The highest BCUT2D eigenvalue weighted by Gasteiger charge is 2.34. The van der Waals surface area contributed by atoms with E-state index >= 15 is 0 Å². The molecule has 0 atom stereocenters. The fourth-order valence-electron chi connectivity index (χ4n) is 3.54. The molecule has 1 fully saturated rings. The van der Waals surface area contributed by atoms with Crippen molar-refractivity contribution in [2.75, 3.05) is 31.1 Å². The number of halogens is 4. The topological polar surface area (TPSA) is 90.4 Å². The predicted octanol–water partition coefficient (Wildman–Crippen LogP) is 4.90. The van der Waals surface area contributed by atoms with Crippen molar-refractivity contribution in [2.45, 2.75) is 11.1 Å². The van der Waals surface area contributed by atoms with Gasteiger partial charge in [0.15, 0.2) is 0 Å². The molecule has 4 rings (SSSR count). The van der Waals surface area contributed by atoms with Crippen LogP contribution >= 0.6 is 11.6 Å². The summed E-state index contributed by atoms with van der Waals surface area (Å²) in [5.74, 6) is 0.407. The number of piperazine rings is 1. The minimum absolute atomic E-state index is 0.0000940. The van der Waals surface area contributed by atoms with Crippen molar-refractivity contribution in [1.29, 1.82) is 5.26 Å². The number of benzene rings is 2. The molecule has 1 saturated heterocycles. The lowest BCUT2D eigenvalue weighted by atomic mass is 10.2. The van der Waals surface area contributed by atoms with Crippen LogP contribution in [0.4, 0.5) is 19.1 Å². The molecule has 12 heteroatoms. The third kappa shape index (κ3) is 5.51. The number of rotatable bonds is 5. The van der Waals surface area contributed by atoms with Crippen LogP contribution in [0.3, 0.4) is 0 Å². The van der Waals surface area contributed by atoms with Crippen molar-refractivity contribution in [3.8, 4) is 6.07 Å². The molecule has 0 radical (unpaired) electrons. The molecule has 0 saturated carbocycles. The molecule has 1 aromatic heterocycles. The maximum absolute atomic E-state index is 13.0. The van der Waals surface area contributed by atoms with Crippen LogP contribution in [0.25, 0.3) is 12.2 Å². The van der Waals surface area contributed by atoms with Gasteiger partial charge < -0.3 is 9.32 Å². The number of hydrogen-bond donors (Lipinski definition) is 0. The fraction of sp³-hybridized carbons (Fsp3) is 0.217. The molecule has 0 amide bonds. The lowest BCUT2D eigenvalue weighted by molar-refractivity contribution is -0.137. The molecular formula is C23H18ClF3N4O3S. The number of hydrogen-bond acceptors (Lipinski definition) is 6. The number of oxazole rings is 1. The summed E-state index contributed by atoms with van der Waals surface area (Å²) in [6, 6.07) is 12.7. The monoisotopic (exact) mass is 522 g/mol. The largest absolute Gasteiger partial charge is 0.420 e. The molecule has 35 heavy (non-hydrogen) atoms. The average Bonchev–Trinajstić information content (AvgIpc) is 3.27. The molecule has 0 bridgehead atoms. The van der Waals surface area contributed by atoms with Crippen LogP contribution in [0.5, 0.6) is 0 Å². The first-order valence-electron chi connectivity index (χ1n) is 10.3. The fourth-order valence-corrected chi connectivity index (χ4v) is 5.14. The Morgan fingerprint density at radius 1 is 1.06 bits per heavy atom. The zero-order valence-electron chi connectivity index (χ0n) is 18.0. The zero-order valence-corrected chi connectivity index (χ0v) is 19.6. The summed E-state index contributed by atoms with van der Waals surface area (Å²) >= 11 is 5.87. The highest BCUT2D eigenvalue weighted by molar-refractivity contribution is 7.89. The Labute approximate surface area is 204 Å². The van der Waals surface area contributed by atoms with E-state index < -0.39 is 26.7 Å². The second-order valence-electron chi connectivity index (χ2n) is 7.62.